The standard InChI is InChI=1S/C29H28Cl2N4O2/c1-3-35(29(36)37)26-7-9-34(10-8-26)28-23(11-19(2)21-6-4-5-20(12-21)16-32)17-33-18-27(28)22-13-24(30)15-25(31)14-22/h4-6,11-15,17-18,26H,3,7-10H2,1-2H3,(H,36,37)/b19-11+. The molecular formula is C29H28Cl2N4O2. The number of anilines is 1. The molecule has 1 aliphatic heterocycles. The van der Waals surface area contributed by atoms with Crippen LogP contribution in [0.2, 0.25) is 10.0 Å². The molecule has 1 saturated heterocycles. The normalized spacial score (nSPS) is 14.4. The summed E-state index contributed by atoms with van der Waals surface area (Å²) in [5, 5.41) is 20.0. The summed E-state index contributed by atoms with van der Waals surface area (Å²) in [4.78, 5) is 20.0. The molecule has 2 heterocycles. The van der Waals surface area contributed by atoms with Gasteiger partial charge in [-0.15, -0.1) is 0 Å². The summed E-state index contributed by atoms with van der Waals surface area (Å²) in [7, 11) is 0. The van der Waals surface area contributed by atoms with Gasteiger partial charge in [0.05, 0.1) is 17.3 Å². The molecule has 0 radical (unpaired) electrons. The molecule has 1 N–H and O–H groups in total. The number of piperidine rings is 1. The smallest absolute Gasteiger partial charge is 0.407 e. The number of pyridine rings is 1. The Bertz CT molecular complexity index is 1350. The van der Waals surface area contributed by atoms with Crippen LogP contribution in [-0.4, -0.2) is 46.8 Å². The minimum atomic E-state index is -0.877. The SMILES string of the molecule is CCN(C(=O)O)C1CCN(c2c(/C=C(\C)c3cccc(C#N)c3)cncc2-c2cc(Cl)cc(Cl)c2)CC1. The maximum absolute atomic E-state index is 11.7. The number of benzene rings is 2. The fourth-order valence-electron chi connectivity index (χ4n) is 4.95. The number of nitrogens with zero attached hydrogens (tertiary/aromatic N) is 4. The lowest BCUT2D eigenvalue weighted by Crippen LogP contribution is -2.47. The van der Waals surface area contributed by atoms with E-state index >= 15 is 0 Å². The highest BCUT2D eigenvalue weighted by molar-refractivity contribution is 6.35. The van der Waals surface area contributed by atoms with Crippen LogP contribution < -0.4 is 4.90 Å². The van der Waals surface area contributed by atoms with Crippen molar-refractivity contribution in [2.75, 3.05) is 24.5 Å². The Balaban J connectivity index is 1.78. The Morgan fingerprint density at radius 3 is 2.51 bits per heavy atom. The van der Waals surface area contributed by atoms with Crippen LogP contribution in [0.25, 0.3) is 22.8 Å². The maximum Gasteiger partial charge on any atom is 0.407 e. The molecule has 0 spiro atoms. The Morgan fingerprint density at radius 2 is 1.89 bits per heavy atom. The van der Waals surface area contributed by atoms with Gasteiger partial charge in [-0.2, -0.15) is 5.26 Å². The van der Waals surface area contributed by atoms with Crippen LogP contribution in [0.15, 0.2) is 54.9 Å². The van der Waals surface area contributed by atoms with Crippen molar-refractivity contribution in [3.63, 3.8) is 0 Å². The molecule has 1 fully saturated rings. The molecule has 1 aromatic heterocycles. The van der Waals surface area contributed by atoms with Crippen LogP contribution in [-0.2, 0) is 0 Å². The summed E-state index contributed by atoms with van der Waals surface area (Å²) in [6.07, 6.45) is 6.32. The molecule has 1 amide bonds. The number of rotatable bonds is 6. The highest BCUT2D eigenvalue weighted by Crippen LogP contribution is 2.39. The van der Waals surface area contributed by atoms with Crippen molar-refractivity contribution in [1.82, 2.24) is 9.88 Å². The van der Waals surface area contributed by atoms with E-state index in [1.165, 1.54) is 4.90 Å². The van der Waals surface area contributed by atoms with Crippen molar-refractivity contribution in [2.45, 2.75) is 32.7 Å². The number of hydrogen-bond acceptors (Lipinski definition) is 4. The van der Waals surface area contributed by atoms with E-state index in [4.69, 9.17) is 23.2 Å². The van der Waals surface area contributed by atoms with Gasteiger partial charge in [0.25, 0.3) is 0 Å². The van der Waals surface area contributed by atoms with Crippen molar-refractivity contribution in [2.24, 2.45) is 0 Å². The average Bonchev–Trinajstić information content (AvgIpc) is 2.88. The first-order valence-electron chi connectivity index (χ1n) is 12.2. The molecule has 190 valence electrons. The van der Waals surface area contributed by atoms with Crippen LogP contribution in [0.3, 0.4) is 0 Å². The van der Waals surface area contributed by atoms with E-state index < -0.39 is 6.09 Å². The Kier molecular flexibility index (Phi) is 8.38. The minimum Gasteiger partial charge on any atom is -0.465 e. The summed E-state index contributed by atoms with van der Waals surface area (Å²) in [6, 6.07) is 15.2. The largest absolute Gasteiger partial charge is 0.465 e. The van der Waals surface area contributed by atoms with E-state index in [2.05, 4.69) is 22.0 Å². The van der Waals surface area contributed by atoms with Gasteiger partial charge in [-0.3, -0.25) is 4.98 Å². The van der Waals surface area contributed by atoms with Crippen molar-refractivity contribution < 1.29 is 9.90 Å². The van der Waals surface area contributed by atoms with Gasteiger partial charge in [0.2, 0.25) is 0 Å². The fraction of sp³-hybridized carbons (Fsp3) is 0.276. The van der Waals surface area contributed by atoms with Crippen LogP contribution in [0.4, 0.5) is 10.5 Å². The summed E-state index contributed by atoms with van der Waals surface area (Å²) in [5.74, 6) is 0. The first-order chi connectivity index (χ1) is 17.8. The number of halogens is 2. The molecule has 2 aromatic carbocycles. The number of amides is 1. The summed E-state index contributed by atoms with van der Waals surface area (Å²) < 4.78 is 0. The third-order valence-electron chi connectivity index (χ3n) is 6.75. The van der Waals surface area contributed by atoms with E-state index in [1.54, 1.807) is 12.1 Å². The zero-order valence-electron chi connectivity index (χ0n) is 20.8. The first kappa shape index (κ1) is 26.5. The van der Waals surface area contributed by atoms with Gasteiger partial charge < -0.3 is 14.9 Å². The molecule has 0 saturated carbocycles. The van der Waals surface area contributed by atoms with Crippen LogP contribution in [0, 0.1) is 11.3 Å². The lowest BCUT2D eigenvalue weighted by Gasteiger charge is -2.39. The third-order valence-corrected chi connectivity index (χ3v) is 7.18. The fourth-order valence-corrected chi connectivity index (χ4v) is 5.48. The van der Waals surface area contributed by atoms with E-state index in [1.807, 2.05) is 56.6 Å². The highest BCUT2D eigenvalue weighted by atomic mass is 35.5. The predicted molar refractivity (Wildman–Crippen MR) is 150 cm³/mol. The number of allylic oxidation sites excluding steroid dienone is 1. The van der Waals surface area contributed by atoms with Gasteiger partial charge in [0.15, 0.2) is 0 Å². The summed E-state index contributed by atoms with van der Waals surface area (Å²) in [5.41, 5.74) is 6.26. The molecule has 6 nitrogen and oxygen atoms in total. The van der Waals surface area contributed by atoms with Crippen LogP contribution in [0.5, 0.6) is 0 Å². The number of nitriles is 1. The van der Waals surface area contributed by atoms with Gasteiger partial charge >= 0.3 is 6.09 Å². The molecule has 37 heavy (non-hydrogen) atoms. The molecule has 1 aliphatic rings. The Hall–Kier alpha value is -3.53. The number of carbonyl (C=O) groups is 1. The van der Waals surface area contributed by atoms with Gasteiger partial charge in [-0.05, 0) is 79.8 Å². The number of hydrogen-bond donors (Lipinski definition) is 1. The second kappa shape index (κ2) is 11.7. The molecule has 8 heteroatoms. The third kappa shape index (κ3) is 6.07. The maximum atomic E-state index is 11.7. The lowest BCUT2D eigenvalue weighted by molar-refractivity contribution is 0.119. The lowest BCUT2D eigenvalue weighted by atomic mass is 9.96. The molecule has 0 atom stereocenters. The van der Waals surface area contributed by atoms with Crippen molar-refractivity contribution in [1.29, 1.82) is 5.26 Å². The highest BCUT2D eigenvalue weighted by Gasteiger charge is 2.29. The minimum absolute atomic E-state index is 0.0147. The quantitative estimate of drug-likeness (QED) is 0.355. The monoisotopic (exact) mass is 534 g/mol. The molecule has 4 rings (SSSR count). The molecular weight excluding hydrogens is 507 g/mol. The average molecular weight is 535 g/mol. The van der Waals surface area contributed by atoms with Crippen LogP contribution >= 0.6 is 23.2 Å². The Morgan fingerprint density at radius 1 is 1.19 bits per heavy atom. The molecule has 0 aliphatic carbocycles. The van der Waals surface area contributed by atoms with E-state index in [0.717, 1.165) is 46.4 Å². The zero-order valence-corrected chi connectivity index (χ0v) is 22.3. The summed E-state index contributed by atoms with van der Waals surface area (Å²) >= 11 is 12.7. The second-order valence-electron chi connectivity index (χ2n) is 9.09. The van der Waals surface area contributed by atoms with Gasteiger partial charge in [0.1, 0.15) is 0 Å². The van der Waals surface area contributed by atoms with Gasteiger partial charge in [0, 0.05) is 59.2 Å². The van der Waals surface area contributed by atoms with Gasteiger partial charge in [-0.1, -0.05) is 35.3 Å². The Labute approximate surface area is 227 Å². The number of aromatic nitrogens is 1. The van der Waals surface area contributed by atoms with E-state index in [-0.39, 0.29) is 6.04 Å². The topological polar surface area (TPSA) is 80.5 Å². The first-order valence-corrected chi connectivity index (χ1v) is 12.9. The van der Waals surface area contributed by atoms with Crippen molar-refractivity contribution in [3.8, 4) is 17.2 Å². The predicted octanol–water partition coefficient (Wildman–Crippen LogP) is 7.46. The summed E-state index contributed by atoms with van der Waals surface area (Å²) in [6.45, 7) is 5.75. The second-order valence-corrected chi connectivity index (χ2v) is 9.96. The van der Waals surface area contributed by atoms with Crippen LogP contribution in [0.1, 0.15) is 43.4 Å². The molecule has 0 bridgehead atoms. The van der Waals surface area contributed by atoms with Gasteiger partial charge in [-0.25, -0.2) is 4.79 Å². The van der Waals surface area contributed by atoms with E-state index in [0.29, 0.717) is 35.2 Å². The molecule has 3 aromatic rings. The molecule has 0 unspecified atom stereocenters. The van der Waals surface area contributed by atoms with Crippen molar-refractivity contribution in [3.05, 3.63) is 81.6 Å². The number of carboxylic acid groups (broad SMARTS) is 1. The zero-order chi connectivity index (χ0) is 26.5. The van der Waals surface area contributed by atoms with Crippen molar-refractivity contribution >= 4 is 46.6 Å². The van der Waals surface area contributed by atoms with E-state index in [9.17, 15) is 15.2 Å².